The van der Waals surface area contributed by atoms with Crippen molar-refractivity contribution in [3.8, 4) is 0 Å². The van der Waals surface area contributed by atoms with Crippen molar-refractivity contribution < 1.29 is 0 Å². The second-order valence-electron chi connectivity index (χ2n) is 4.16. The average molecular weight is 188 g/mol. The molecular formula is C10H18ClN. The number of halogens is 1. The first kappa shape index (κ1) is 10.1. The van der Waals surface area contributed by atoms with Gasteiger partial charge in [0, 0.05) is 24.7 Å². The zero-order valence-corrected chi connectivity index (χ0v) is 8.77. The van der Waals surface area contributed by atoms with Crippen molar-refractivity contribution in [3.63, 3.8) is 0 Å². The first-order valence-corrected chi connectivity index (χ1v) is 5.01. The fourth-order valence-electron chi connectivity index (χ4n) is 2.16. The molecule has 0 aromatic heterocycles. The molecule has 1 nitrogen and oxygen atoms in total. The van der Waals surface area contributed by atoms with Gasteiger partial charge in [-0.25, -0.2) is 0 Å². The SMILES string of the molecule is C=C(Cl)CN1CC(C)CC(C)C1. The zero-order chi connectivity index (χ0) is 9.14. The van der Waals surface area contributed by atoms with Crippen LogP contribution in [0.25, 0.3) is 0 Å². The van der Waals surface area contributed by atoms with Gasteiger partial charge in [0.15, 0.2) is 0 Å². The van der Waals surface area contributed by atoms with Crippen LogP contribution in [0.5, 0.6) is 0 Å². The summed E-state index contributed by atoms with van der Waals surface area (Å²) in [7, 11) is 0. The van der Waals surface area contributed by atoms with Crippen LogP contribution >= 0.6 is 11.6 Å². The third-order valence-corrected chi connectivity index (χ3v) is 2.46. The molecule has 1 rings (SSSR count). The number of nitrogens with zero attached hydrogens (tertiary/aromatic N) is 1. The van der Waals surface area contributed by atoms with E-state index >= 15 is 0 Å². The largest absolute Gasteiger partial charge is 0.298 e. The van der Waals surface area contributed by atoms with Gasteiger partial charge >= 0.3 is 0 Å². The summed E-state index contributed by atoms with van der Waals surface area (Å²) in [5.74, 6) is 1.62. The standard InChI is InChI=1S/C10H18ClN/c1-8-4-9(2)6-12(5-8)7-10(3)11/h8-9H,3-7H2,1-2H3. The van der Waals surface area contributed by atoms with Crippen molar-refractivity contribution in [2.45, 2.75) is 20.3 Å². The molecule has 12 heavy (non-hydrogen) atoms. The summed E-state index contributed by atoms with van der Waals surface area (Å²) in [5, 5.41) is 0.760. The Morgan fingerprint density at radius 2 is 1.92 bits per heavy atom. The van der Waals surface area contributed by atoms with Crippen molar-refractivity contribution in [1.29, 1.82) is 0 Å². The van der Waals surface area contributed by atoms with Crippen LogP contribution < -0.4 is 0 Å². The topological polar surface area (TPSA) is 3.24 Å². The number of piperidine rings is 1. The Hall–Kier alpha value is -0.0100. The van der Waals surface area contributed by atoms with E-state index < -0.39 is 0 Å². The van der Waals surface area contributed by atoms with Gasteiger partial charge < -0.3 is 0 Å². The minimum absolute atomic E-state index is 0.760. The lowest BCUT2D eigenvalue weighted by Crippen LogP contribution is -2.39. The lowest BCUT2D eigenvalue weighted by atomic mass is 9.92. The lowest BCUT2D eigenvalue weighted by molar-refractivity contribution is 0.154. The first-order valence-electron chi connectivity index (χ1n) is 4.63. The monoisotopic (exact) mass is 187 g/mol. The molecule has 0 bridgehead atoms. The van der Waals surface area contributed by atoms with E-state index in [1.807, 2.05) is 0 Å². The van der Waals surface area contributed by atoms with Crippen molar-refractivity contribution >= 4 is 11.6 Å². The molecule has 0 N–H and O–H groups in total. The summed E-state index contributed by atoms with van der Waals surface area (Å²) in [5.41, 5.74) is 0. The van der Waals surface area contributed by atoms with Gasteiger partial charge in [-0.2, -0.15) is 0 Å². The molecule has 2 heteroatoms. The van der Waals surface area contributed by atoms with E-state index in [0.29, 0.717) is 0 Å². The molecule has 0 aromatic rings. The molecule has 2 atom stereocenters. The summed E-state index contributed by atoms with van der Waals surface area (Å²) in [6, 6.07) is 0. The van der Waals surface area contributed by atoms with Crippen LogP contribution in [0.15, 0.2) is 11.6 Å². The molecule has 1 saturated heterocycles. The zero-order valence-electron chi connectivity index (χ0n) is 8.02. The van der Waals surface area contributed by atoms with Crippen LogP contribution in [0.1, 0.15) is 20.3 Å². The molecule has 1 aliphatic heterocycles. The fraction of sp³-hybridized carbons (Fsp3) is 0.800. The summed E-state index contributed by atoms with van der Waals surface area (Å²) >= 11 is 5.77. The number of hydrogen-bond donors (Lipinski definition) is 0. The molecule has 0 aromatic carbocycles. The molecule has 1 fully saturated rings. The first-order chi connectivity index (χ1) is 5.58. The molecule has 0 radical (unpaired) electrons. The van der Waals surface area contributed by atoms with Crippen molar-refractivity contribution in [1.82, 2.24) is 4.90 Å². The molecule has 0 aliphatic carbocycles. The van der Waals surface area contributed by atoms with E-state index in [0.717, 1.165) is 23.4 Å². The Balaban J connectivity index is 2.38. The average Bonchev–Trinajstić information content (AvgIpc) is 1.81. The Morgan fingerprint density at radius 3 is 2.33 bits per heavy atom. The van der Waals surface area contributed by atoms with Crippen LogP contribution in [-0.2, 0) is 0 Å². The predicted molar refractivity (Wildman–Crippen MR) is 54.4 cm³/mol. The van der Waals surface area contributed by atoms with Gasteiger partial charge in [-0.1, -0.05) is 32.0 Å². The van der Waals surface area contributed by atoms with Gasteiger partial charge in [-0.15, -0.1) is 0 Å². The van der Waals surface area contributed by atoms with Gasteiger partial charge in [0.2, 0.25) is 0 Å². The summed E-state index contributed by atoms with van der Waals surface area (Å²) in [4.78, 5) is 2.40. The second kappa shape index (κ2) is 4.29. The van der Waals surface area contributed by atoms with E-state index in [2.05, 4.69) is 25.3 Å². The van der Waals surface area contributed by atoms with Gasteiger partial charge in [0.25, 0.3) is 0 Å². The van der Waals surface area contributed by atoms with Crippen molar-refractivity contribution in [2.24, 2.45) is 11.8 Å². The van der Waals surface area contributed by atoms with Gasteiger partial charge in [-0.05, 0) is 18.3 Å². The molecule has 1 heterocycles. The lowest BCUT2D eigenvalue weighted by Gasteiger charge is -2.34. The van der Waals surface area contributed by atoms with E-state index in [-0.39, 0.29) is 0 Å². The molecular weight excluding hydrogens is 170 g/mol. The summed E-state index contributed by atoms with van der Waals surface area (Å²) in [6.45, 7) is 11.5. The van der Waals surface area contributed by atoms with E-state index in [1.54, 1.807) is 0 Å². The molecule has 70 valence electrons. The highest BCUT2D eigenvalue weighted by Crippen LogP contribution is 2.21. The minimum Gasteiger partial charge on any atom is -0.298 e. The predicted octanol–water partition coefficient (Wildman–Crippen LogP) is 2.72. The van der Waals surface area contributed by atoms with Crippen LogP contribution in [0.2, 0.25) is 0 Å². The Kier molecular flexibility index (Phi) is 3.60. The second-order valence-corrected chi connectivity index (χ2v) is 4.69. The number of hydrogen-bond acceptors (Lipinski definition) is 1. The molecule has 0 spiro atoms. The molecule has 0 saturated carbocycles. The van der Waals surface area contributed by atoms with E-state index in [1.165, 1.54) is 19.5 Å². The Morgan fingerprint density at radius 1 is 1.42 bits per heavy atom. The maximum Gasteiger partial charge on any atom is 0.0335 e. The van der Waals surface area contributed by atoms with Crippen LogP contribution in [0.3, 0.4) is 0 Å². The van der Waals surface area contributed by atoms with E-state index in [4.69, 9.17) is 11.6 Å². The highest BCUT2D eigenvalue weighted by molar-refractivity contribution is 6.29. The van der Waals surface area contributed by atoms with Gasteiger partial charge in [0.05, 0.1) is 0 Å². The normalized spacial score (nSPS) is 31.9. The third-order valence-electron chi connectivity index (χ3n) is 2.34. The van der Waals surface area contributed by atoms with Crippen LogP contribution in [0.4, 0.5) is 0 Å². The highest BCUT2D eigenvalue weighted by atomic mass is 35.5. The maximum absolute atomic E-state index is 5.77. The molecule has 0 amide bonds. The van der Waals surface area contributed by atoms with Crippen molar-refractivity contribution in [2.75, 3.05) is 19.6 Å². The summed E-state index contributed by atoms with van der Waals surface area (Å²) < 4.78 is 0. The maximum atomic E-state index is 5.77. The Bertz CT molecular complexity index is 157. The van der Waals surface area contributed by atoms with Gasteiger partial charge in [-0.3, -0.25) is 4.90 Å². The minimum atomic E-state index is 0.760. The highest BCUT2D eigenvalue weighted by Gasteiger charge is 2.21. The Labute approximate surface area is 80.4 Å². The number of likely N-dealkylation sites (tertiary alicyclic amines) is 1. The van der Waals surface area contributed by atoms with E-state index in [9.17, 15) is 0 Å². The number of rotatable bonds is 2. The third kappa shape index (κ3) is 3.16. The summed E-state index contributed by atoms with van der Waals surface area (Å²) in [6.07, 6.45) is 1.35. The van der Waals surface area contributed by atoms with Crippen LogP contribution in [0, 0.1) is 11.8 Å². The molecule has 2 unspecified atom stereocenters. The van der Waals surface area contributed by atoms with Gasteiger partial charge in [0.1, 0.15) is 0 Å². The van der Waals surface area contributed by atoms with Crippen LogP contribution in [-0.4, -0.2) is 24.5 Å². The van der Waals surface area contributed by atoms with Crippen molar-refractivity contribution in [3.05, 3.63) is 11.6 Å². The fourth-order valence-corrected chi connectivity index (χ4v) is 2.33. The smallest absolute Gasteiger partial charge is 0.0335 e. The molecule has 1 aliphatic rings. The quantitative estimate of drug-likeness (QED) is 0.643.